The minimum atomic E-state index is -2.87. The average molecular weight is 398 g/mol. The highest BCUT2D eigenvalue weighted by Gasteiger charge is 2.19. The Balaban J connectivity index is 1.63. The Kier molecular flexibility index (Phi) is 6.41. The minimum Gasteiger partial charge on any atom is -0.435 e. The first-order chi connectivity index (χ1) is 13.0. The van der Waals surface area contributed by atoms with Crippen molar-refractivity contribution in [1.82, 2.24) is 9.88 Å². The lowest BCUT2D eigenvalue weighted by Crippen LogP contribution is -2.40. The van der Waals surface area contributed by atoms with E-state index < -0.39 is 6.61 Å². The highest BCUT2D eigenvalue weighted by molar-refractivity contribution is 6.33. The fraction of sp³-hybridized carbons (Fsp3) is 0.333. The van der Waals surface area contributed by atoms with Crippen LogP contribution in [0.15, 0.2) is 36.5 Å². The molecule has 1 fully saturated rings. The molecule has 2 aromatic rings. The molecule has 1 saturated heterocycles. The number of benzene rings is 1. The Morgan fingerprint density at radius 3 is 2.81 bits per heavy atom. The Morgan fingerprint density at radius 2 is 2.11 bits per heavy atom. The summed E-state index contributed by atoms with van der Waals surface area (Å²) >= 11 is 6.23. The van der Waals surface area contributed by atoms with Gasteiger partial charge in [0.15, 0.2) is 0 Å². The lowest BCUT2D eigenvalue weighted by molar-refractivity contribution is -0.0498. The van der Waals surface area contributed by atoms with Crippen molar-refractivity contribution in [2.75, 3.05) is 31.6 Å². The van der Waals surface area contributed by atoms with Gasteiger partial charge < -0.3 is 19.7 Å². The number of halogens is 3. The van der Waals surface area contributed by atoms with Crippen LogP contribution in [0.5, 0.6) is 5.75 Å². The first-order valence-corrected chi connectivity index (χ1v) is 8.71. The topological polar surface area (TPSA) is 63.7 Å². The summed E-state index contributed by atoms with van der Waals surface area (Å²) in [5, 5.41) is 3.32. The van der Waals surface area contributed by atoms with E-state index >= 15 is 0 Å². The van der Waals surface area contributed by atoms with Crippen molar-refractivity contribution in [2.45, 2.75) is 13.2 Å². The van der Waals surface area contributed by atoms with E-state index in [4.69, 9.17) is 16.3 Å². The number of aromatic nitrogens is 1. The first-order valence-electron chi connectivity index (χ1n) is 8.33. The number of rotatable bonds is 6. The van der Waals surface area contributed by atoms with Crippen LogP contribution < -0.4 is 10.1 Å². The van der Waals surface area contributed by atoms with Gasteiger partial charge in [-0.25, -0.2) is 4.98 Å². The summed E-state index contributed by atoms with van der Waals surface area (Å²) in [6, 6.07) is 7.89. The van der Waals surface area contributed by atoms with E-state index in [1.165, 1.54) is 18.3 Å². The van der Waals surface area contributed by atoms with Gasteiger partial charge in [0.25, 0.3) is 5.91 Å². The van der Waals surface area contributed by atoms with Crippen LogP contribution in [0.4, 0.5) is 14.6 Å². The maximum atomic E-state index is 12.4. The van der Waals surface area contributed by atoms with Gasteiger partial charge in [0, 0.05) is 25.8 Å². The molecule has 1 N–H and O–H groups in total. The molecule has 1 aromatic heterocycles. The van der Waals surface area contributed by atoms with Gasteiger partial charge in [-0.2, -0.15) is 8.78 Å². The third-order valence-electron chi connectivity index (χ3n) is 3.97. The van der Waals surface area contributed by atoms with Crippen LogP contribution in [0, 0.1) is 0 Å². The summed E-state index contributed by atoms with van der Waals surface area (Å²) in [6.07, 6.45) is 1.46. The third kappa shape index (κ3) is 5.27. The quantitative estimate of drug-likeness (QED) is 0.809. The number of amides is 1. The number of ether oxygens (including phenoxy) is 2. The molecule has 27 heavy (non-hydrogen) atoms. The van der Waals surface area contributed by atoms with Crippen molar-refractivity contribution >= 4 is 23.3 Å². The van der Waals surface area contributed by atoms with Crippen LogP contribution in [-0.2, 0) is 11.3 Å². The zero-order valence-electron chi connectivity index (χ0n) is 14.3. The predicted molar refractivity (Wildman–Crippen MR) is 96.4 cm³/mol. The van der Waals surface area contributed by atoms with Crippen LogP contribution in [-0.4, -0.2) is 48.7 Å². The molecule has 3 rings (SSSR count). The number of morpholine rings is 1. The zero-order chi connectivity index (χ0) is 19.2. The van der Waals surface area contributed by atoms with Gasteiger partial charge in [-0.3, -0.25) is 4.79 Å². The molecule has 2 heterocycles. The number of nitrogens with one attached hydrogen (secondary N) is 1. The molecule has 9 heteroatoms. The molecular formula is C18H18ClF2N3O3. The largest absolute Gasteiger partial charge is 0.435 e. The number of hydrogen-bond acceptors (Lipinski definition) is 5. The molecule has 1 amide bonds. The number of carbonyl (C=O) groups is 1. The number of hydrogen-bond donors (Lipinski definition) is 1. The van der Waals surface area contributed by atoms with Crippen molar-refractivity contribution in [3.63, 3.8) is 0 Å². The molecule has 1 aliphatic heterocycles. The summed E-state index contributed by atoms with van der Waals surface area (Å²) in [6.45, 7) is -0.465. The molecule has 0 unspecified atom stereocenters. The molecule has 0 atom stereocenters. The smallest absolute Gasteiger partial charge is 0.387 e. The molecule has 144 valence electrons. The standard InChI is InChI=1S/C18H18ClF2N3O3/c19-15-9-13(17(25)24-4-6-26-7-5-24)11-23-16(15)22-10-12-2-1-3-14(8-12)27-18(20)21/h1-3,8-9,11,18H,4-7,10H2,(H,22,23). The Labute approximate surface area is 160 Å². The summed E-state index contributed by atoms with van der Waals surface area (Å²) in [5.41, 5.74) is 1.12. The van der Waals surface area contributed by atoms with Gasteiger partial charge in [0.2, 0.25) is 0 Å². The predicted octanol–water partition coefficient (Wildman–Crippen LogP) is 3.42. The third-order valence-corrected chi connectivity index (χ3v) is 4.26. The van der Waals surface area contributed by atoms with E-state index in [9.17, 15) is 13.6 Å². The van der Waals surface area contributed by atoms with E-state index in [0.717, 1.165) is 5.56 Å². The van der Waals surface area contributed by atoms with Gasteiger partial charge in [0.1, 0.15) is 11.6 Å². The second kappa shape index (κ2) is 8.96. The van der Waals surface area contributed by atoms with Crippen LogP contribution >= 0.6 is 11.6 Å². The molecule has 0 bridgehead atoms. The van der Waals surface area contributed by atoms with Gasteiger partial charge in [-0.05, 0) is 23.8 Å². The maximum absolute atomic E-state index is 12.4. The van der Waals surface area contributed by atoms with Crippen LogP contribution in [0.1, 0.15) is 15.9 Å². The highest BCUT2D eigenvalue weighted by atomic mass is 35.5. The van der Waals surface area contributed by atoms with Crippen molar-refractivity contribution in [1.29, 1.82) is 0 Å². The number of carbonyl (C=O) groups excluding carboxylic acids is 1. The lowest BCUT2D eigenvalue weighted by Gasteiger charge is -2.26. The van der Waals surface area contributed by atoms with Gasteiger partial charge >= 0.3 is 6.61 Å². The van der Waals surface area contributed by atoms with Gasteiger partial charge in [-0.1, -0.05) is 23.7 Å². The number of pyridine rings is 1. The fourth-order valence-corrected chi connectivity index (χ4v) is 2.88. The van der Waals surface area contributed by atoms with Crippen molar-refractivity contribution in [2.24, 2.45) is 0 Å². The molecule has 0 spiro atoms. The maximum Gasteiger partial charge on any atom is 0.387 e. The van der Waals surface area contributed by atoms with E-state index in [1.807, 2.05) is 0 Å². The highest BCUT2D eigenvalue weighted by Crippen LogP contribution is 2.23. The van der Waals surface area contributed by atoms with E-state index in [0.29, 0.717) is 49.3 Å². The van der Waals surface area contributed by atoms with Gasteiger partial charge in [-0.15, -0.1) is 0 Å². The second-order valence-corrected chi connectivity index (χ2v) is 6.25. The van der Waals surface area contributed by atoms with E-state index in [2.05, 4.69) is 15.0 Å². The average Bonchev–Trinajstić information content (AvgIpc) is 2.67. The summed E-state index contributed by atoms with van der Waals surface area (Å²) in [5.74, 6) is 0.335. The van der Waals surface area contributed by atoms with Crippen molar-refractivity contribution in [3.05, 3.63) is 52.7 Å². The van der Waals surface area contributed by atoms with Crippen LogP contribution in [0.25, 0.3) is 0 Å². The fourth-order valence-electron chi connectivity index (χ4n) is 2.65. The number of nitrogens with zero attached hydrogens (tertiary/aromatic N) is 2. The lowest BCUT2D eigenvalue weighted by atomic mass is 10.2. The number of alkyl halides is 2. The number of anilines is 1. The molecule has 0 radical (unpaired) electrons. The van der Waals surface area contributed by atoms with E-state index in [-0.39, 0.29) is 11.7 Å². The van der Waals surface area contributed by atoms with E-state index in [1.54, 1.807) is 23.1 Å². The Bertz CT molecular complexity index is 801. The van der Waals surface area contributed by atoms with Crippen LogP contribution in [0.3, 0.4) is 0 Å². The van der Waals surface area contributed by atoms with Gasteiger partial charge in [0.05, 0.1) is 23.8 Å². The SMILES string of the molecule is O=C(c1cnc(NCc2cccc(OC(F)F)c2)c(Cl)c1)N1CCOCC1. The van der Waals surface area contributed by atoms with Crippen molar-refractivity contribution in [3.8, 4) is 5.75 Å². The summed E-state index contributed by atoms with van der Waals surface area (Å²) < 4.78 is 34.2. The molecule has 1 aromatic carbocycles. The zero-order valence-corrected chi connectivity index (χ0v) is 15.1. The van der Waals surface area contributed by atoms with Crippen LogP contribution in [0.2, 0.25) is 5.02 Å². The minimum absolute atomic E-state index is 0.0785. The first kappa shape index (κ1) is 19.3. The molecule has 0 saturated carbocycles. The molecule has 6 nitrogen and oxygen atoms in total. The Morgan fingerprint density at radius 1 is 1.33 bits per heavy atom. The second-order valence-electron chi connectivity index (χ2n) is 5.84. The summed E-state index contributed by atoms with van der Waals surface area (Å²) in [7, 11) is 0. The Hall–Kier alpha value is -2.45. The molecule has 1 aliphatic rings. The normalized spacial score (nSPS) is 14.3. The molecule has 0 aliphatic carbocycles. The monoisotopic (exact) mass is 397 g/mol. The molecular weight excluding hydrogens is 380 g/mol. The summed E-state index contributed by atoms with van der Waals surface area (Å²) in [4.78, 5) is 18.3. The van der Waals surface area contributed by atoms with Crippen molar-refractivity contribution < 1.29 is 23.0 Å².